The summed E-state index contributed by atoms with van der Waals surface area (Å²) in [4.78, 5) is 19.3. The molecule has 0 bridgehead atoms. The molecule has 10 nitrogen and oxygen atoms in total. The topological polar surface area (TPSA) is 110 Å². The number of amides is 1. The van der Waals surface area contributed by atoms with Crippen LogP contribution in [0.5, 0.6) is 11.6 Å². The maximum absolute atomic E-state index is 12.1. The maximum atomic E-state index is 12.1. The molecule has 0 atom stereocenters. The second-order valence-electron chi connectivity index (χ2n) is 7.36. The number of nitrogens with zero attached hydrogens (tertiary/aromatic N) is 5. The number of methoxy groups -OCH3 is 1. The van der Waals surface area contributed by atoms with E-state index >= 15 is 0 Å². The molecule has 4 rings (SSSR count). The summed E-state index contributed by atoms with van der Waals surface area (Å²) in [5.74, 6) is 0.0715. The Morgan fingerprint density at radius 3 is 2.67 bits per heavy atom. The number of azo groups is 1. The van der Waals surface area contributed by atoms with Crippen LogP contribution in [0.3, 0.4) is 0 Å². The molecule has 1 aromatic heterocycles. The molecule has 10 heteroatoms. The summed E-state index contributed by atoms with van der Waals surface area (Å²) in [5, 5.41) is 23.0. The summed E-state index contributed by atoms with van der Waals surface area (Å²) >= 11 is 0. The zero-order valence-electron chi connectivity index (χ0n) is 18.3. The van der Waals surface area contributed by atoms with Crippen LogP contribution in [0.15, 0.2) is 63.9 Å². The summed E-state index contributed by atoms with van der Waals surface area (Å²) in [6.07, 6.45) is 1.48. The van der Waals surface area contributed by atoms with Gasteiger partial charge in [0.15, 0.2) is 12.3 Å². The third kappa shape index (κ3) is 5.54. The molecule has 0 unspecified atom stereocenters. The Morgan fingerprint density at radius 2 is 1.91 bits per heavy atom. The molecule has 33 heavy (non-hydrogen) atoms. The van der Waals surface area contributed by atoms with E-state index < -0.39 is 5.91 Å². The molecule has 2 heterocycles. The summed E-state index contributed by atoms with van der Waals surface area (Å²) in [6, 6.07) is 14.7. The maximum Gasteiger partial charge on any atom is 0.304 e. The molecule has 0 aliphatic carbocycles. The summed E-state index contributed by atoms with van der Waals surface area (Å²) < 4.78 is 12.2. The van der Waals surface area contributed by atoms with Gasteiger partial charge in [0.25, 0.3) is 0 Å². The average molecular weight is 451 g/mol. The lowest BCUT2D eigenvalue weighted by Crippen LogP contribution is -2.37. The first-order valence-electron chi connectivity index (χ1n) is 10.5. The van der Waals surface area contributed by atoms with E-state index in [0.29, 0.717) is 25.3 Å². The fraction of sp³-hybridized carbons (Fsp3) is 0.304. The van der Waals surface area contributed by atoms with Crippen molar-refractivity contribution in [3.05, 3.63) is 54.1 Å². The lowest BCUT2D eigenvalue weighted by molar-refractivity contribution is -0.122. The van der Waals surface area contributed by atoms with Gasteiger partial charge in [-0.25, -0.2) is 0 Å². The average Bonchev–Trinajstić information content (AvgIpc) is 3.12. The van der Waals surface area contributed by atoms with E-state index in [1.807, 2.05) is 36.4 Å². The molecule has 1 saturated heterocycles. The first kappa shape index (κ1) is 22.4. The van der Waals surface area contributed by atoms with Crippen molar-refractivity contribution in [2.24, 2.45) is 15.4 Å². The van der Waals surface area contributed by atoms with Crippen molar-refractivity contribution in [1.82, 2.24) is 9.47 Å². The van der Waals surface area contributed by atoms with Crippen LogP contribution in [0, 0.1) is 0 Å². The van der Waals surface area contributed by atoms with Crippen LogP contribution in [-0.2, 0) is 21.0 Å². The number of benzene rings is 2. The monoisotopic (exact) mass is 451 g/mol. The number of rotatable bonds is 8. The van der Waals surface area contributed by atoms with Crippen LogP contribution in [0.1, 0.15) is 5.56 Å². The van der Waals surface area contributed by atoms with Gasteiger partial charge >= 0.3 is 5.91 Å². The molecule has 1 aliphatic rings. The minimum absolute atomic E-state index is 0.0438. The zero-order valence-corrected chi connectivity index (χ0v) is 18.3. The van der Waals surface area contributed by atoms with Gasteiger partial charge in [-0.15, -0.1) is 10.2 Å². The number of hydrogen-bond acceptors (Lipinski definition) is 8. The number of morpholine rings is 1. The number of fused-ring (bicyclic) bond motifs is 1. The van der Waals surface area contributed by atoms with Crippen molar-refractivity contribution in [3.8, 4) is 11.6 Å². The number of para-hydroxylation sites is 1. The normalized spacial score (nSPS) is 14.9. The predicted octanol–water partition coefficient (Wildman–Crippen LogP) is 3.31. The lowest BCUT2D eigenvalue weighted by atomic mass is 10.2. The molecule has 2 aromatic carbocycles. The number of oxime groups is 1. The molecule has 0 spiro atoms. The molecule has 1 N–H and O–H groups in total. The molecule has 172 valence electrons. The van der Waals surface area contributed by atoms with E-state index in [-0.39, 0.29) is 18.2 Å². The van der Waals surface area contributed by atoms with E-state index in [2.05, 4.69) is 20.3 Å². The largest absolute Gasteiger partial charge is 0.497 e. The Hall–Kier alpha value is -3.76. The van der Waals surface area contributed by atoms with Crippen molar-refractivity contribution in [2.45, 2.75) is 6.67 Å². The second-order valence-corrected chi connectivity index (χ2v) is 7.36. The SMILES string of the molecule is COc1ccc(/C=N/OCC(=O)N=Nc2c(O)n(CN3CCOCC3)c3ccccc23)cc1. The minimum atomic E-state index is -0.619. The van der Waals surface area contributed by atoms with Crippen LogP contribution in [-0.4, -0.2) is 66.7 Å². The van der Waals surface area contributed by atoms with Crippen LogP contribution in [0.4, 0.5) is 5.69 Å². The summed E-state index contributed by atoms with van der Waals surface area (Å²) in [7, 11) is 1.59. The third-order valence-corrected chi connectivity index (χ3v) is 5.20. The Bertz CT molecular complexity index is 1150. The highest BCUT2D eigenvalue weighted by molar-refractivity contribution is 5.95. The third-order valence-electron chi connectivity index (χ3n) is 5.20. The van der Waals surface area contributed by atoms with Gasteiger partial charge in [-0.3, -0.25) is 14.3 Å². The van der Waals surface area contributed by atoms with Gasteiger partial charge < -0.3 is 19.4 Å². The minimum Gasteiger partial charge on any atom is -0.497 e. The molecule has 0 saturated carbocycles. The highest BCUT2D eigenvalue weighted by Crippen LogP contribution is 2.39. The van der Waals surface area contributed by atoms with Crippen molar-refractivity contribution < 1.29 is 24.2 Å². The van der Waals surface area contributed by atoms with E-state index in [1.54, 1.807) is 23.8 Å². The Balaban J connectivity index is 1.41. The zero-order chi connectivity index (χ0) is 23.0. The van der Waals surface area contributed by atoms with Crippen LogP contribution in [0.2, 0.25) is 0 Å². The van der Waals surface area contributed by atoms with Crippen molar-refractivity contribution in [2.75, 3.05) is 40.0 Å². The predicted molar refractivity (Wildman–Crippen MR) is 122 cm³/mol. The van der Waals surface area contributed by atoms with Crippen molar-refractivity contribution >= 4 is 28.7 Å². The van der Waals surface area contributed by atoms with E-state index in [4.69, 9.17) is 14.3 Å². The smallest absolute Gasteiger partial charge is 0.304 e. The first-order valence-corrected chi connectivity index (χ1v) is 10.5. The van der Waals surface area contributed by atoms with Crippen LogP contribution < -0.4 is 4.74 Å². The molecule has 1 aliphatic heterocycles. The Kier molecular flexibility index (Phi) is 7.28. The molecule has 1 fully saturated rings. The first-order chi connectivity index (χ1) is 16.2. The molecular formula is C23H25N5O5. The second kappa shape index (κ2) is 10.7. The highest BCUT2D eigenvalue weighted by Gasteiger charge is 2.19. The number of ether oxygens (including phenoxy) is 2. The van der Waals surface area contributed by atoms with Gasteiger partial charge in [-0.05, 0) is 35.9 Å². The fourth-order valence-corrected chi connectivity index (χ4v) is 3.47. The fourth-order valence-electron chi connectivity index (χ4n) is 3.47. The Labute approximate surface area is 190 Å². The van der Waals surface area contributed by atoms with Gasteiger partial charge in [-0.2, -0.15) is 0 Å². The van der Waals surface area contributed by atoms with Crippen LogP contribution in [0.25, 0.3) is 10.9 Å². The number of aromatic nitrogens is 1. The van der Waals surface area contributed by atoms with Crippen LogP contribution >= 0.6 is 0 Å². The Morgan fingerprint density at radius 1 is 1.15 bits per heavy atom. The van der Waals surface area contributed by atoms with Crippen molar-refractivity contribution in [3.63, 3.8) is 0 Å². The number of hydrogen-bond donors (Lipinski definition) is 1. The quantitative estimate of drug-likeness (QED) is 0.320. The standard InChI is InChI=1S/C23H25N5O5/c1-31-18-8-6-17(7-9-18)14-24-33-15-21(29)25-26-22-19-4-2-3-5-20(19)28(23(22)30)16-27-10-12-32-13-11-27/h2-9,14,30H,10-13,15-16H2,1H3/b24-14+,26-25?. The van der Waals surface area contributed by atoms with Gasteiger partial charge in [0.2, 0.25) is 5.88 Å². The lowest BCUT2D eigenvalue weighted by Gasteiger charge is -2.27. The van der Waals surface area contributed by atoms with E-state index in [1.165, 1.54) is 6.21 Å². The molecule has 1 amide bonds. The van der Waals surface area contributed by atoms with Gasteiger partial charge in [0.1, 0.15) is 5.75 Å². The summed E-state index contributed by atoms with van der Waals surface area (Å²) in [6.45, 7) is 2.97. The van der Waals surface area contributed by atoms with Gasteiger partial charge in [-0.1, -0.05) is 23.4 Å². The van der Waals surface area contributed by atoms with Gasteiger partial charge in [0.05, 0.1) is 38.7 Å². The van der Waals surface area contributed by atoms with E-state index in [0.717, 1.165) is 29.9 Å². The van der Waals surface area contributed by atoms with Crippen molar-refractivity contribution in [1.29, 1.82) is 0 Å². The number of aromatic hydroxyl groups is 1. The number of carbonyl (C=O) groups excluding carboxylic acids is 1. The number of carbonyl (C=O) groups is 1. The highest BCUT2D eigenvalue weighted by atomic mass is 16.6. The van der Waals surface area contributed by atoms with E-state index in [9.17, 15) is 9.90 Å². The van der Waals surface area contributed by atoms with Gasteiger partial charge in [0, 0.05) is 18.5 Å². The molecular weight excluding hydrogens is 426 g/mol. The molecule has 3 aromatic rings. The summed E-state index contributed by atoms with van der Waals surface area (Å²) in [5.41, 5.74) is 1.85. The molecule has 0 radical (unpaired) electrons.